The lowest BCUT2D eigenvalue weighted by Crippen LogP contribution is -2.38. The van der Waals surface area contributed by atoms with Gasteiger partial charge in [-0.1, -0.05) is 57.0 Å². The molecule has 156 valence electrons. The molecular formula is C25H28N2O3. The molecule has 2 N–H and O–H groups in total. The van der Waals surface area contributed by atoms with Crippen molar-refractivity contribution in [2.75, 3.05) is 6.54 Å². The molecule has 0 bridgehead atoms. The molecule has 5 nitrogen and oxygen atoms in total. The standard InChI is InChI=1S/C25H28N2O3/c1-17-8-7-13-25(2,14-17)16-26-23(28)20-15-27(21-11-5-3-9-18(20)21)22-12-6-4-10-19(22)24(29)30/h3-6,9-12,15,17H,7-8,13-14,16H2,1-2H3,(H,26,28)(H,29,30). The summed E-state index contributed by atoms with van der Waals surface area (Å²) in [6.07, 6.45) is 6.48. The molecule has 0 radical (unpaired) electrons. The van der Waals surface area contributed by atoms with Crippen LogP contribution in [0.15, 0.2) is 54.7 Å². The van der Waals surface area contributed by atoms with Gasteiger partial charge >= 0.3 is 5.97 Å². The third-order valence-corrected chi connectivity index (χ3v) is 6.34. The van der Waals surface area contributed by atoms with E-state index in [0.717, 1.165) is 23.7 Å². The van der Waals surface area contributed by atoms with E-state index in [0.29, 0.717) is 23.7 Å². The minimum Gasteiger partial charge on any atom is -0.478 e. The van der Waals surface area contributed by atoms with Gasteiger partial charge < -0.3 is 15.0 Å². The molecule has 1 fully saturated rings. The van der Waals surface area contributed by atoms with Gasteiger partial charge in [-0.3, -0.25) is 4.79 Å². The second kappa shape index (κ2) is 7.98. The van der Waals surface area contributed by atoms with E-state index in [-0.39, 0.29) is 16.9 Å². The zero-order chi connectivity index (χ0) is 21.3. The summed E-state index contributed by atoms with van der Waals surface area (Å²) in [5.41, 5.74) is 2.26. The van der Waals surface area contributed by atoms with E-state index in [1.165, 1.54) is 12.8 Å². The molecule has 1 aliphatic rings. The summed E-state index contributed by atoms with van der Waals surface area (Å²) in [5.74, 6) is -0.416. The van der Waals surface area contributed by atoms with Crippen molar-refractivity contribution in [3.8, 4) is 5.69 Å². The first-order chi connectivity index (χ1) is 14.4. The highest BCUT2D eigenvalue weighted by Crippen LogP contribution is 2.38. The maximum atomic E-state index is 13.1. The number of hydrogen-bond donors (Lipinski definition) is 2. The number of fused-ring (bicyclic) bond motifs is 1. The molecule has 0 spiro atoms. The topological polar surface area (TPSA) is 71.3 Å². The van der Waals surface area contributed by atoms with E-state index >= 15 is 0 Å². The Balaban J connectivity index is 1.68. The molecule has 30 heavy (non-hydrogen) atoms. The van der Waals surface area contributed by atoms with Crippen LogP contribution in [-0.4, -0.2) is 28.1 Å². The number of carboxylic acid groups (broad SMARTS) is 1. The smallest absolute Gasteiger partial charge is 0.337 e. The van der Waals surface area contributed by atoms with Crippen LogP contribution in [0.5, 0.6) is 0 Å². The van der Waals surface area contributed by atoms with Crippen molar-refractivity contribution in [1.29, 1.82) is 0 Å². The lowest BCUT2D eigenvalue weighted by atomic mass is 9.71. The van der Waals surface area contributed by atoms with Crippen LogP contribution in [0, 0.1) is 11.3 Å². The van der Waals surface area contributed by atoms with Crippen molar-refractivity contribution in [1.82, 2.24) is 9.88 Å². The van der Waals surface area contributed by atoms with Gasteiger partial charge in [-0.15, -0.1) is 0 Å². The van der Waals surface area contributed by atoms with E-state index in [2.05, 4.69) is 19.2 Å². The molecule has 4 rings (SSSR count). The Morgan fingerprint density at radius 2 is 1.87 bits per heavy atom. The summed E-state index contributed by atoms with van der Waals surface area (Å²) in [5, 5.41) is 13.6. The maximum Gasteiger partial charge on any atom is 0.337 e. The van der Waals surface area contributed by atoms with Crippen molar-refractivity contribution in [2.24, 2.45) is 11.3 Å². The van der Waals surface area contributed by atoms with Gasteiger partial charge in [0.15, 0.2) is 0 Å². The number of para-hydroxylation sites is 2. The van der Waals surface area contributed by atoms with Gasteiger partial charge in [0.05, 0.1) is 22.3 Å². The van der Waals surface area contributed by atoms with E-state index in [1.54, 1.807) is 35.0 Å². The highest BCUT2D eigenvalue weighted by atomic mass is 16.4. The number of carbonyl (C=O) groups is 2. The van der Waals surface area contributed by atoms with Gasteiger partial charge in [0.2, 0.25) is 0 Å². The van der Waals surface area contributed by atoms with Crippen LogP contribution < -0.4 is 5.32 Å². The summed E-state index contributed by atoms with van der Waals surface area (Å²) < 4.78 is 1.80. The fourth-order valence-corrected chi connectivity index (χ4v) is 4.90. The average molecular weight is 405 g/mol. The normalized spacial score (nSPS) is 21.5. The van der Waals surface area contributed by atoms with E-state index < -0.39 is 5.97 Å². The average Bonchev–Trinajstić information content (AvgIpc) is 3.11. The fourth-order valence-electron chi connectivity index (χ4n) is 4.90. The van der Waals surface area contributed by atoms with Crippen LogP contribution in [0.1, 0.15) is 60.2 Å². The largest absolute Gasteiger partial charge is 0.478 e. The Hall–Kier alpha value is -3.08. The highest BCUT2D eigenvalue weighted by Gasteiger charge is 2.31. The van der Waals surface area contributed by atoms with Crippen LogP contribution >= 0.6 is 0 Å². The molecule has 1 aromatic heterocycles. The number of amides is 1. The molecule has 5 heteroatoms. The molecule has 1 amide bonds. The third kappa shape index (κ3) is 3.84. The van der Waals surface area contributed by atoms with Crippen molar-refractivity contribution in [3.63, 3.8) is 0 Å². The van der Waals surface area contributed by atoms with E-state index in [4.69, 9.17) is 0 Å². The number of hydrogen-bond acceptors (Lipinski definition) is 2. The Bertz CT molecular complexity index is 1100. The fraction of sp³-hybridized carbons (Fsp3) is 0.360. The first-order valence-corrected chi connectivity index (χ1v) is 10.6. The minimum absolute atomic E-state index is 0.114. The van der Waals surface area contributed by atoms with Crippen LogP contribution in [0.2, 0.25) is 0 Å². The summed E-state index contributed by atoms with van der Waals surface area (Å²) in [4.78, 5) is 24.9. The van der Waals surface area contributed by atoms with E-state index in [9.17, 15) is 14.7 Å². The zero-order valence-electron chi connectivity index (χ0n) is 17.5. The van der Waals surface area contributed by atoms with Crippen molar-refractivity contribution in [2.45, 2.75) is 39.5 Å². The van der Waals surface area contributed by atoms with E-state index in [1.807, 2.05) is 24.3 Å². The van der Waals surface area contributed by atoms with Crippen molar-refractivity contribution < 1.29 is 14.7 Å². The molecule has 1 saturated carbocycles. The molecule has 2 atom stereocenters. The Morgan fingerprint density at radius 3 is 2.63 bits per heavy atom. The predicted octanol–water partition coefficient (Wildman–Crippen LogP) is 5.27. The Labute approximate surface area is 176 Å². The number of carboxylic acids is 1. The summed E-state index contributed by atoms with van der Waals surface area (Å²) in [6, 6.07) is 14.5. The minimum atomic E-state index is -0.992. The molecule has 0 aliphatic heterocycles. The number of nitrogens with one attached hydrogen (secondary N) is 1. The van der Waals surface area contributed by atoms with Crippen molar-refractivity contribution >= 4 is 22.8 Å². The molecule has 3 aromatic rings. The van der Waals surface area contributed by atoms with Gasteiger partial charge in [-0.2, -0.15) is 0 Å². The second-order valence-corrected chi connectivity index (χ2v) is 8.95. The highest BCUT2D eigenvalue weighted by molar-refractivity contribution is 6.08. The monoisotopic (exact) mass is 404 g/mol. The maximum absolute atomic E-state index is 13.1. The number of benzene rings is 2. The third-order valence-electron chi connectivity index (χ3n) is 6.34. The SMILES string of the molecule is CC1CCCC(C)(CNC(=O)c2cn(-c3ccccc3C(=O)O)c3ccccc23)C1. The van der Waals surface area contributed by atoms with Gasteiger partial charge in [0, 0.05) is 18.1 Å². The first-order valence-electron chi connectivity index (χ1n) is 10.6. The van der Waals surface area contributed by atoms with Gasteiger partial charge in [0.1, 0.15) is 0 Å². The first kappa shape index (κ1) is 20.2. The van der Waals surface area contributed by atoms with Crippen LogP contribution in [0.3, 0.4) is 0 Å². The second-order valence-electron chi connectivity index (χ2n) is 8.95. The lowest BCUT2D eigenvalue weighted by molar-refractivity contribution is 0.0696. The quantitative estimate of drug-likeness (QED) is 0.608. The summed E-state index contributed by atoms with van der Waals surface area (Å²) in [6.45, 7) is 5.20. The molecule has 2 unspecified atom stereocenters. The van der Waals surface area contributed by atoms with Gasteiger partial charge in [-0.25, -0.2) is 4.79 Å². The Morgan fingerprint density at radius 1 is 1.13 bits per heavy atom. The van der Waals surface area contributed by atoms with Crippen LogP contribution in [0.4, 0.5) is 0 Å². The molecule has 0 saturated heterocycles. The van der Waals surface area contributed by atoms with Crippen molar-refractivity contribution in [3.05, 3.63) is 65.9 Å². The van der Waals surface area contributed by atoms with Gasteiger partial charge in [-0.05, 0) is 42.4 Å². The number of aromatic carboxylic acids is 1. The molecule has 2 aromatic carbocycles. The molecular weight excluding hydrogens is 376 g/mol. The molecule has 1 heterocycles. The number of rotatable bonds is 5. The number of carbonyl (C=O) groups excluding carboxylic acids is 1. The van der Waals surface area contributed by atoms with Crippen LogP contribution in [-0.2, 0) is 0 Å². The summed E-state index contributed by atoms with van der Waals surface area (Å²) in [7, 11) is 0. The van der Waals surface area contributed by atoms with Gasteiger partial charge in [0.25, 0.3) is 5.91 Å². The molecule has 1 aliphatic carbocycles. The zero-order valence-corrected chi connectivity index (χ0v) is 17.5. The number of aromatic nitrogens is 1. The van der Waals surface area contributed by atoms with Crippen LogP contribution in [0.25, 0.3) is 16.6 Å². The lowest BCUT2D eigenvalue weighted by Gasteiger charge is -2.37. The predicted molar refractivity (Wildman–Crippen MR) is 118 cm³/mol. The summed E-state index contributed by atoms with van der Waals surface area (Å²) >= 11 is 0. The Kier molecular flexibility index (Phi) is 5.37. The number of nitrogens with zero attached hydrogens (tertiary/aromatic N) is 1.